The molecule has 1 fully saturated rings. The molecule has 0 spiro atoms. The summed E-state index contributed by atoms with van der Waals surface area (Å²) in [6.07, 6.45) is 1.14. The number of piperazine rings is 1. The van der Waals surface area contributed by atoms with E-state index < -0.39 is 11.9 Å². The van der Waals surface area contributed by atoms with Gasteiger partial charge in [-0.2, -0.15) is 0 Å². The zero-order chi connectivity index (χ0) is 24.8. The van der Waals surface area contributed by atoms with Crippen molar-refractivity contribution in [3.8, 4) is 0 Å². The molecule has 35 heavy (non-hydrogen) atoms. The first-order valence-electron chi connectivity index (χ1n) is 11.6. The highest BCUT2D eigenvalue weighted by atomic mass is 35.5. The second-order valence-corrected chi connectivity index (χ2v) is 9.09. The number of carbonyl (C=O) groups excluding carboxylic acids is 4. The van der Waals surface area contributed by atoms with Crippen LogP contribution in [0.5, 0.6) is 0 Å². The fraction of sp³-hybridized carbons (Fsp3) is 0.360. The van der Waals surface area contributed by atoms with Gasteiger partial charge in [0.05, 0.1) is 12.8 Å². The van der Waals surface area contributed by atoms with Crippen LogP contribution in [-0.2, 0) is 27.2 Å². The zero-order valence-electron chi connectivity index (χ0n) is 19.3. The number of urea groups is 1. The number of imide groups is 1. The predicted molar refractivity (Wildman–Crippen MR) is 134 cm³/mol. The van der Waals surface area contributed by atoms with Crippen LogP contribution in [0.15, 0.2) is 42.5 Å². The van der Waals surface area contributed by atoms with Crippen molar-refractivity contribution in [2.75, 3.05) is 42.9 Å². The Bertz CT molecular complexity index is 1130. The number of hydrogen-bond donors (Lipinski definition) is 3. The van der Waals surface area contributed by atoms with Crippen LogP contribution < -0.4 is 20.9 Å². The van der Waals surface area contributed by atoms with Crippen molar-refractivity contribution in [1.29, 1.82) is 0 Å². The number of nitrogens with zero attached hydrogens (tertiary/aromatic N) is 2. The third kappa shape index (κ3) is 6.73. The first kappa shape index (κ1) is 24.5. The Balaban J connectivity index is 1.11. The maximum Gasteiger partial charge on any atom is 0.321 e. The van der Waals surface area contributed by atoms with Gasteiger partial charge in [-0.25, -0.2) is 4.79 Å². The van der Waals surface area contributed by atoms with Crippen LogP contribution in [0.1, 0.15) is 24.0 Å². The van der Waals surface area contributed by atoms with Crippen LogP contribution in [0.4, 0.5) is 16.2 Å². The van der Waals surface area contributed by atoms with Crippen molar-refractivity contribution in [3.05, 3.63) is 58.6 Å². The van der Waals surface area contributed by atoms with Crippen LogP contribution in [0, 0.1) is 0 Å². The lowest BCUT2D eigenvalue weighted by atomic mass is 10.1. The van der Waals surface area contributed by atoms with Crippen LogP contribution in [0.3, 0.4) is 0 Å². The monoisotopic (exact) mass is 497 g/mol. The van der Waals surface area contributed by atoms with Gasteiger partial charge in [-0.15, -0.1) is 0 Å². The number of anilines is 2. The van der Waals surface area contributed by atoms with E-state index in [1.807, 2.05) is 29.2 Å². The van der Waals surface area contributed by atoms with E-state index in [9.17, 15) is 19.2 Å². The van der Waals surface area contributed by atoms with Gasteiger partial charge in [0.15, 0.2) is 0 Å². The Hall–Kier alpha value is -3.59. The van der Waals surface area contributed by atoms with Gasteiger partial charge in [-0.3, -0.25) is 19.7 Å². The van der Waals surface area contributed by atoms with E-state index in [4.69, 9.17) is 11.6 Å². The Morgan fingerprint density at radius 1 is 1.03 bits per heavy atom. The van der Waals surface area contributed by atoms with E-state index in [-0.39, 0.29) is 18.2 Å². The molecule has 2 aliphatic rings. The summed E-state index contributed by atoms with van der Waals surface area (Å²) in [5.74, 6) is -0.453. The molecule has 2 aromatic carbocycles. The summed E-state index contributed by atoms with van der Waals surface area (Å²) in [4.78, 5) is 52.1. The largest absolute Gasteiger partial charge is 0.368 e. The topological polar surface area (TPSA) is 111 Å². The molecule has 0 unspecified atom stereocenters. The summed E-state index contributed by atoms with van der Waals surface area (Å²) < 4.78 is 0. The molecule has 0 radical (unpaired) electrons. The maximum absolute atomic E-state index is 12.5. The molecule has 3 N–H and O–H groups in total. The number of benzene rings is 2. The third-order valence-corrected chi connectivity index (χ3v) is 6.31. The van der Waals surface area contributed by atoms with Crippen molar-refractivity contribution in [2.45, 2.75) is 25.7 Å². The van der Waals surface area contributed by atoms with E-state index in [0.717, 1.165) is 35.6 Å². The number of fused-ring (bicyclic) bond motifs is 1. The molecule has 9 nitrogen and oxygen atoms in total. The van der Waals surface area contributed by atoms with Crippen molar-refractivity contribution in [2.24, 2.45) is 0 Å². The molecular weight excluding hydrogens is 470 g/mol. The predicted octanol–water partition coefficient (Wildman–Crippen LogP) is 2.33. The minimum Gasteiger partial charge on any atom is -0.368 e. The molecule has 0 atom stereocenters. The summed E-state index contributed by atoms with van der Waals surface area (Å²) in [7, 11) is 0. The molecule has 4 rings (SSSR count). The average Bonchev–Trinajstić information content (AvgIpc) is 3.21. The molecule has 10 heteroatoms. The van der Waals surface area contributed by atoms with Crippen molar-refractivity contribution in [3.63, 3.8) is 0 Å². The zero-order valence-corrected chi connectivity index (χ0v) is 20.1. The summed E-state index contributed by atoms with van der Waals surface area (Å²) in [6.45, 7) is 3.05. The molecule has 0 saturated carbocycles. The molecule has 1 saturated heterocycles. The molecule has 0 aliphatic carbocycles. The highest BCUT2D eigenvalue weighted by Gasteiger charge is 2.21. The second kappa shape index (κ2) is 11.2. The number of carbonyl (C=O) groups is 4. The lowest BCUT2D eigenvalue weighted by Gasteiger charge is -2.36. The number of nitrogens with one attached hydrogen (secondary N) is 3. The second-order valence-electron chi connectivity index (χ2n) is 8.65. The van der Waals surface area contributed by atoms with Gasteiger partial charge in [0.1, 0.15) is 0 Å². The first-order valence-corrected chi connectivity index (χ1v) is 12.0. The van der Waals surface area contributed by atoms with E-state index in [1.54, 1.807) is 18.2 Å². The fourth-order valence-electron chi connectivity index (χ4n) is 4.28. The smallest absolute Gasteiger partial charge is 0.321 e. The highest BCUT2D eigenvalue weighted by Crippen LogP contribution is 2.24. The standard InChI is InChI=1S/C25H28ClN5O4/c26-19-3-1-4-20(16-19)30-9-11-31(12-10-30)24(34)5-2-8-27-25(35)29-22(32)14-17-6-7-21-18(13-17)15-23(33)28-21/h1,3-4,6-7,13,16H,2,5,8-12,14-15H2,(H,28,33)(H2,27,29,32,35). The van der Waals surface area contributed by atoms with Gasteiger partial charge in [0.25, 0.3) is 0 Å². The van der Waals surface area contributed by atoms with E-state index in [1.165, 1.54) is 0 Å². The minimum absolute atomic E-state index is 0.0363. The third-order valence-electron chi connectivity index (χ3n) is 6.07. The van der Waals surface area contributed by atoms with Gasteiger partial charge < -0.3 is 20.4 Å². The lowest BCUT2D eigenvalue weighted by molar-refractivity contribution is -0.131. The van der Waals surface area contributed by atoms with Gasteiger partial charge >= 0.3 is 6.03 Å². The van der Waals surface area contributed by atoms with Gasteiger partial charge in [-0.1, -0.05) is 29.8 Å². The number of rotatable bonds is 7. The Kier molecular flexibility index (Phi) is 7.87. The summed E-state index contributed by atoms with van der Waals surface area (Å²) in [5, 5.41) is 8.35. The van der Waals surface area contributed by atoms with Crippen molar-refractivity contribution in [1.82, 2.24) is 15.5 Å². The fourth-order valence-corrected chi connectivity index (χ4v) is 4.46. The minimum atomic E-state index is -0.587. The van der Waals surface area contributed by atoms with E-state index in [0.29, 0.717) is 43.9 Å². The lowest BCUT2D eigenvalue weighted by Crippen LogP contribution is -2.49. The molecule has 2 heterocycles. The van der Waals surface area contributed by atoms with Gasteiger partial charge in [0.2, 0.25) is 17.7 Å². The Labute approximate surface area is 208 Å². The highest BCUT2D eigenvalue weighted by molar-refractivity contribution is 6.30. The first-order chi connectivity index (χ1) is 16.9. The molecule has 2 aliphatic heterocycles. The van der Waals surface area contributed by atoms with E-state index >= 15 is 0 Å². The average molecular weight is 498 g/mol. The molecule has 184 valence electrons. The van der Waals surface area contributed by atoms with Crippen molar-refractivity contribution >= 4 is 46.7 Å². The summed E-state index contributed by atoms with van der Waals surface area (Å²) in [6, 6.07) is 12.4. The number of hydrogen-bond acceptors (Lipinski definition) is 5. The van der Waals surface area contributed by atoms with Crippen LogP contribution in [-0.4, -0.2) is 61.4 Å². The summed E-state index contributed by atoms with van der Waals surface area (Å²) in [5.41, 5.74) is 3.39. The summed E-state index contributed by atoms with van der Waals surface area (Å²) >= 11 is 6.07. The van der Waals surface area contributed by atoms with Gasteiger partial charge in [0, 0.05) is 55.5 Å². The normalized spacial score (nSPS) is 14.8. The SMILES string of the molecule is O=C(Cc1ccc2c(c1)CC(=O)N2)NC(=O)NCCCC(=O)N1CCN(c2cccc(Cl)c2)CC1. The van der Waals surface area contributed by atoms with Gasteiger partial charge in [-0.05, 0) is 41.8 Å². The molecule has 2 aromatic rings. The molecular formula is C25H28ClN5O4. The maximum atomic E-state index is 12.5. The van der Waals surface area contributed by atoms with Crippen LogP contribution in [0.25, 0.3) is 0 Å². The number of amides is 5. The Morgan fingerprint density at radius 2 is 1.83 bits per heavy atom. The molecule has 0 aromatic heterocycles. The van der Waals surface area contributed by atoms with Crippen molar-refractivity contribution < 1.29 is 19.2 Å². The number of halogens is 1. The quantitative estimate of drug-likeness (QED) is 0.508. The van der Waals surface area contributed by atoms with E-state index in [2.05, 4.69) is 20.9 Å². The van der Waals surface area contributed by atoms with Crippen LogP contribution >= 0.6 is 11.6 Å². The Morgan fingerprint density at radius 3 is 2.60 bits per heavy atom. The molecule has 5 amide bonds. The molecule has 0 bridgehead atoms. The van der Waals surface area contributed by atoms with Crippen LogP contribution in [0.2, 0.25) is 5.02 Å².